The van der Waals surface area contributed by atoms with Crippen LogP contribution in [0, 0.1) is 11.8 Å². The highest BCUT2D eigenvalue weighted by molar-refractivity contribution is 5.91. The summed E-state index contributed by atoms with van der Waals surface area (Å²) in [5.41, 5.74) is 3.49. The Labute approximate surface area is 177 Å². The summed E-state index contributed by atoms with van der Waals surface area (Å²) in [6.07, 6.45) is 6.73. The molecule has 3 aliphatic heterocycles. The number of esters is 1. The first kappa shape index (κ1) is 19.6. The number of carboxylic acid groups (broad SMARTS) is 1. The molecule has 6 heteroatoms. The number of hydrogen-bond acceptors (Lipinski definition) is 5. The lowest BCUT2D eigenvalue weighted by Crippen LogP contribution is -2.42. The lowest BCUT2D eigenvalue weighted by molar-refractivity contribution is -0.143. The Morgan fingerprint density at radius 3 is 2.77 bits per heavy atom. The van der Waals surface area contributed by atoms with Gasteiger partial charge in [-0.1, -0.05) is 31.0 Å². The van der Waals surface area contributed by atoms with E-state index in [1.807, 2.05) is 6.07 Å². The molecule has 0 amide bonds. The van der Waals surface area contributed by atoms with Crippen molar-refractivity contribution < 1.29 is 19.4 Å². The Hall–Kier alpha value is -2.34. The topological polar surface area (TPSA) is 78.9 Å². The van der Waals surface area contributed by atoms with Gasteiger partial charge in [-0.05, 0) is 49.1 Å². The van der Waals surface area contributed by atoms with Crippen LogP contribution in [0.15, 0.2) is 35.5 Å². The summed E-state index contributed by atoms with van der Waals surface area (Å²) < 4.78 is 5.38. The van der Waals surface area contributed by atoms with Crippen LogP contribution in [0.1, 0.15) is 51.0 Å². The normalized spacial score (nSPS) is 34.2. The number of benzene rings is 1. The number of nitrogens with zero attached hydrogens (tertiary/aromatic N) is 1. The molecule has 0 radical (unpaired) electrons. The molecule has 5 unspecified atom stereocenters. The summed E-state index contributed by atoms with van der Waals surface area (Å²) in [5.74, 6) is -0.0694. The summed E-state index contributed by atoms with van der Waals surface area (Å²) in [4.78, 5) is 25.8. The molecule has 160 valence electrons. The molecule has 1 saturated heterocycles. The van der Waals surface area contributed by atoms with Crippen molar-refractivity contribution >= 4 is 17.6 Å². The number of carbonyl (C=O) groups is 2. The van der Waals surface area contributed by atoms with Crippen LogP contribution in [0.25, 0.3) is 0 Å². The van der Waals surface area contributed by atoms with Gasteiger partial charge in [0.25, 0.3) is 0 Å². The fourth-order valence-electron chi connectivity index (χ4n) is 6.47. The van der Waals surface area contributed by atoms with E-state index in [2.05, 4.69) is 28.4 Å². The van der Waals surface area contributed by atoms with Gasteiger partial charge in [0.15, 0.2) is 0 Å². The van der Waals surface area contributed by atoms with Crippen LogP contribution in [0.3, 0.4) is 0 Å². The lowest BCUT2D eigenvalue weighted by atomic mass is 9.73. The zero-order valence-electron chi connectivity index (χ0n) is 17.5. The predicted molar refractivity (Wildman–Crippen MR) is 113 cm³/mol. The van der Waals surface area contributed by atoms with Gasteiger partial charge in [0.1, 0.15) is 0 Å². The third-order valence-corrected chi connectivity index (χ3v) is 7.82. The maximum atomic E-state index is 12.1. The summed E-state index contributed by atoms with van der Waals surface area (Å²) in [6, 6.07) is 8.63. The molecule has 1 aromatic rings. The maximum absolute atomic E-state index is 12.1. The lowest BCUT2D eigenvalue weighted by Gasteiger charge is -2.35. The zero-order chi connectivity index (χ0) is 20.9. The molecule has 30 heavy (non-hydrogen) atoms. The van der Waals surface area contributed by atoms with Crippen molar-refractivity contribution in [1.29, 1.82) is 0 Å². The maximum Gasteiger partial charge on any atom is 0.334 e. The standard InChI is InChI=1S/C24H30N2O4/c1-15(27)30-13-17-7-3-2-6-16(17)10-18-11-24-14-26(18)12-19(23(28)29)22(24)25-21-9-5-4-8-20(21)24/h4-5,8-9,16-18,25H,2-3,6-7,10-14H2,1H3,(H,28,29). The monoisotopic (exact) mass is 410 g/mol. The molecule has 1 saturated carbocycles. The Bertz CT molecular complexity index is 910. The highest BCUT2D eigenvalue weighted by Gasteiger charge is 2.56. The zero-order valence-corrected chi connectivity index (χ0v) is 17.5. The van der Waals surface area contributed by atoms with Crippen molar-refractivity contribution in [1.82, 2.24) is 4.90 Å². The minimum atomic E-state index is -0.814. The van der Waals surface area contributed by atoms with Crippen molar-refractivity contribution in [2.45, 2.75) is 56.9 Å². The van der Waals surface area contributed by atoms with Crippen molar-refractivity contribution in [2.24, 2.45) is 11.8 Å². The molecule has 0 aromatic heterocycles. The van der Waals surface area contributed by atoms with Crippen molar-refractivity contribution in [3.63, 3.8) is 0 Å². The van der Waals surface area contributed by atoms with Gasteiger partial charge in [-0.15, -0.1) is 0 Å². The second kappa shape index (κ2) is 7.41. The van der Waals surface area contributed by atoms with Crippen molar-refractivity contribution in [3.05, 3.63) is 41.1 Å². The number of carboxylic acids is 1. The Morgan fingerprint density at radius 2 is 2.00 bits per heavy atom. The Morgan fingerprint density at radius 1 is 1.23 bits per heavy atom. The van der Waals surface area contributed by atoms with Gasteiger partial charge >= 0.3 is 11.9 Å². The van der Waals surface area contributed by atoms with Gasteiger partial charge in [0.05, 0.1) is 17.6 Å². The number of fused-ring (bicyclic) bond motifs is 2. The summed E-state index contributed by atoms with van der Waals surface area (Å²) >= 11 is 0. The van der Waals surface area contributed by atoms with Gasteiger partial charge in [-0.2, -0.15) is 0 Å². The van der Waals surface area contributed by atoms with E-state index in [1.54, 1.807) is 0 Å². The van der Waals surface area contributed by atoms with Gasteiger partial charge in [0, 0.05) is 37.4 Å². The molecular formula is C24H30N2O4. The second-order valence-electron chi connectivity index (χ2n) is 9.52. The molecule has 1 spiro atoms. The van der Waals surface area contributed by atoms with Crippen LogP contribution in [-0.4, -0.2) is 47.7 Å². The first-order valence-corrected chi connectivity index (χ1v) is 11.2. The summed E-state index contributed by atoms with van der Waals surface area (Å²) in [7, 11) is 0. The Balaban J connectivity index is 1.41. The van der Waals surface area contributed by atoms with Gasteiger partial charge in [-0.25, -0.2) is 4.79 Å². The van der Waals surface area contributed by atoms with E-state index in [4.69, 9.17) is 4.74 Å². The number of anilines is 1. The van der Waals surface area contributed by atoms with Gasteiger partial charge < -0.3 is 15.2 Å². The van der Waals surface area contributed by atoms with Crippen LogP contribution in [0.4, 0.5) is 5.69 Å². The third-order valence-electron chi connectivity index (χ3n) is 7.82. The van der Waals surface area contributed by atoms with E-state index < -0.39 is 5.97 Å². The van der Waals surface area contributed by atoms with E-state index >= 15 is 0 Å². The number of carbonyl (C=O) groups excluding carboxylic acids is 1. The first-order valence-electron chi connectivity index (χ1n) is 11.2. The van der Waals surface area contributed by atoms with E-state index in [0.717, 1.165) is 37.2 Å². The van der Waals surface area contributed by atoms with E-state index in [1.165, 1.54) is 31.7 Å². The van der Waals surface area contributed by atoms with Gasteiger partial charge in [-0.3, -0.25) is 9.69 Å². The predicted octanol–water partition coefficient (Wildman–Crippen LogP) is 3.54. The van der Waals surface area contributed by atoms with E-state index in [0.29, 0.717) is 36.6 Å². The summed E-state index contributed by atoms with van der Waals surface area (Å²) in [6.45, 7) is 3.38. The average Bonchev–Trinajstić information content (AvgIpc) is 3.21. The third kappa shape index (κ3) is 3.13. The van der Waals surface area contributed by atoms with Gasteiger partial charge in [0.2, 0.25) is 0 Å². The smallest absolute Gasteiger partial charge is 0.334 e. The highest BCUT2D eigenvalue weighted by Crippen LogP contribution is 2.55. The van der Waals surface area contributed by atoms with Crippen LogP contribution in [0.2, 0.25) is 0 Å². The van der Waals surface area contributed by atoms with Crippen LogP contribution >= 0.6 is 0 Å². The first-order chi connectivity index (χ1) is 14.5. The molecule has 2 N–H and O–H groups in total. The quantitative estimate of drug-likeness (QED) is 0.723. The molecule has 2 bridgehead atoms. The molecule has 4 aliphatic rings. The molecule has 3 heterocycles. The molecule has 2 fully saturated rings. The Kier molecular flexibility index (Phi) is 4.85. The molecule has 5 atom stereocenters. The molecular weight excluding hydrogens is 380 g/mol. The van der Waals surface area contributed by atoms with E-state index in [9.17, 15) is 14.7 Å². The number of ether oxygens (including phenoxy) is 1. The number of rotatable bonds is 5. The van der Waals surface area contributed by atoms with Crippen LogP contribution < -0.4 is 5.32 Å². The average molecular weight is 411 g/mol. The number of aliphatic carboxylic acids is 1. The molecule has 1 aliphatic carbocycles. The fraction of sp³-hybridized carbons (Fsp3) is 0.583. The van der Waals surface area contributed by atoms with Crippen molar-refractivity contribution in [3.8, 4) is 0 Å². The minimum absolute atomic E-state index is 0.202. The van der Waals surface area contributed by atoms with Crippen LogP contribution in [-0.2, 0) is 19.7 Å². The summed E-state index contributed by atoms with van der Waals surface area (Å²) in [5, 5.41) is 13.4. The van der Waals surface area contributed by atoms with Crippen molar-refractivity contribution in [2.75, 3.05) is 25.0 Å². The molecule has 5 rings (SSSR count). The number of para-hydroxylation sites is 1. The largest absolute Gasteiger partial charge is 0.478 e. The molecule has 6 nitrogen and oxygen atoms in total. The van der Waals surface area contributed by atoms with E-state index in [-0.39, 0.29) is 11.4 Å². The minimum Gasteiger partial charge on any atom is -0.478 e. The SMILES string of the molecule is CC(=O)OCC1CCCCC1CC1CC23CN1CC(C(=O)O)=C2Nc1ccccc13. The second-order valence-corrected chi connectivity index (χ2v) is 9.52. The number of hydrogen-bond donors (Lipinski definition) is 2. The molecule has 1 aromatic carbocycles. The number of nitrogens with one attached hydrogen (secondary N) is 1. The van der Waals surface area contributed by atoms with Crippen LogP contribution in [0.5, 0.6) is 0 Å². The highest BCUT2D eigenvalue weighted by atomic mass is 16.5. The fourth-order valence-corrected chi connectivity index (χ4v) is 6.47.